The number of hydrogen-bond acceptors (Lipinski definition) is 5. The lowest BCUT2D eigenvalue weighted by atomic mass is 10.2. The van der Waals surface area contributed by atoms with Crippen LogP contribution in [0.5, 0.6) is 0 Å². The Bertz CT molecular complexity index is 1180. The molecule has 0 bridgehead atoms. The van der Waals surface area contributed by atoms with E-state index in [9.17, 15) is 18.5 Å². The summed E-state index contributed by atoms with van der Waals surface area (Å²) in [6, 6.07) is 16.2. The molecule has 0 aliphatic rings. The van der Waals surface area contributed by atoms with Crippen molar-refractivity contribution in [2.45, 2.75) is 18.7 Å². The Labute approximate surface area is 162 Å². The molecule has 0 saturated carbocycles. The van der Waals surface area contributed by atoms with Crippen LogP contribution in [0, 0.1) is 25.2 Å². The van der Waals surface area contributed by atoms with Gasteiger partial charge < -0.3 is 0 Å². The second kappa shape index (κ2) is 7.54. The third kappa shape index (κ3) is 3.72. The highest BCUT2D eigenvalue weighted by Gasteiger charge is 2.23. The van der Waals surface area contributed by atoms with E-state index < -0.39 is 16.1 Å². The molecule has 0 saturated heterocycles. The fraction of sp³-hybridized carbons (Fsp3) is 0.105. The van der Waals surface area contributed by atoms with Crippen LogP contribution in [0.25, 0.3) is 5.69 Å². The van der Waals surface area contributed by atoms with E-state index in [1.807, 2.05) is 16.9 Å². The molecule has 142 valence electrons. The van der Waals surface area contributed by atoms with Crippen molar-refractivity contribution in [2.75, 3.05) is 5.32 Å². The number of benzene rings is 2. The summed E-state index contributed by atoms with van der Waals surface area (Å²) in [5.74, 6) is 0.0867. The molecule has 0 atom stereocenters. The normalized spacial score (nSPS) is 10.9. The number of carbonyl (C=O) groups is 1. The highest BCUT2D eigenvalue weighted by molar-refractivity contribution is 7.90. The van der Waals surface area contributed by atoms with Crippen LogP contribution in [0.2, 0.25) is 0 Å². The maximum absolute atomic E-state index is 12.5. The summed E-state index contributed by atoms with van der Waals surface area (Å²) in [5.41, 5.74) is 1.67. The lowest BCUT2D eigenvalue weighted by Gasteiger charge is -2.12. The minimum atomic E-state index is -4.08. The monoisotopic (exact) mass is 395 g/mol. The first-order chi connectivity index (χ1) is 13.3. The molecule has 28 heavy (non-hydrogen) atoms. The molecule has 3 aromatic rings. The van der Waals surface area contributed by atoms with Gasteiger partial charge in [0.2, 0.25) is 0 Å². The third-order valence-electron chi connectivity index (χ3n) is 4.02. The Morgan fingerprint density at radius 1 is 1.07 bits per heavy atom. The Hall–Kier alpha value is -3.64. The number of nitrogens with one attached hydrogen (secondary N) is 2. The molecule has 0 fully saturated rings. The van der Waals surface area contributed by atoms with E-state index >= 15 is 0 Å². The molecule has 2 aromatic carbocycles. The maximum atomic E-state index is 12.5. The van der Waals surface area contributed by atoms with Crippen LogP contribution in [0.3, 0.4) is 0 Å². The van der Waals surface area contributed by atoms with Gasteiger partial charge in [0.15, 0.2) is 5.82 Å². The Morgan fingerprint density at radius 2 is 1.71 bits per heavy atom. The summed E-state index contributed by atoms with van der Waals surface area (Å²) in [5, 5.41) is 16.1. The van der Waals surface area contributed by atoms with Crippen LogP contribution in [0.15, 0.2) is 59.5 Å². The zero-order valence-corrected chi connectivity index (χ0v) is 16.0. The van der Waals surface area contributed by atoms with Gasteiger partial charge in [-0.3, -0.25) is 5.32 Å². The Morgan fingerprint density at radius 3 is 2.36 bits per heavy atom. The van der Waals surface area contributed by atoms with Gasteiger partial charge in [-0.25, -0.2) is 22.6 Å². The van der Waals surface area contributed by atoms with Crippen molar-refractivity contribution in [3.05, 3.63) is 71.4 Å². The topological polar surface area (TPSA) is 117 Å². The van der Waals surface area contributed by atoms with E-state index in [1.54, 1.807) is 56.3 Å². The van der Waals surface area contributed by atoms with Gasteiger partial charge >= 0.3 is 6.03 Å². The highest BCUT2D eigenvalue weighted by atomic mass is 32.2. The number of sulfonamides is 1. The van der Waals surface area contributed by atoms with Gasteiger partial charge in [0.05, 0.1) is 16.3 Å². The Kier molecular flexibility index (Phi) is 5.15. The molecule has 1 aromatic heterocycles. The molecule has 2 N–H and O–H groups in total. The van der Waals surface area contributed by atoms with Crippen molar-refractivity contribution in [2.24, 2.45) is 0 Å². The van der Waals surface area contributed by atoms with Crippen LogP contribution in [0.4, 0.5) is 10.6 Å². The van der Waals surface area contributed by atoms with Crippen molar-refractivity contribution >= 4 is 21.9 Å². The second-order valence-electron chi connectivity index (χ2n) is 5.99. The predicted octanol–water partition coefficient (Wildman–Crippen LogP) is 2.87. The molecular formula is C19H17N5O3S. The molecule has 8 nitrogen and oxygen atoms in total. The number of nitriles is 1. The number of hydrogen-bond donors (Lipinski definition) is 2. The van der Waals surface area contributed by atoms with Gasteiger partial charge in [-0.2, -0.15) is 10.4 Å². The number of rotatable bonds is 4. The molecule has 0 unspecified atom stereocenters. The molecule has 2 amide bonds. The van der Waals surface area contributed by atoms with E-state index in [0.717, 1.165) is 0 Å². The SMILES string of the molecule is Cc1ccccc1S(=O)(=O)NC(=O)Nc1c(C#N)c(C)nn1-c1ccccc1. The van der Waals surface area contributed by atoms with Gasteiger partial charge in [-0.15, -0.1) is 0 Å². The van der Waals surface area contributed by atoms with Gasteiger partial charge in [-0.05, 0) is 37.6 Å². The first-order valence-electron chi connectivity index (χ1n) is 8.28. The number of para-hydroxylation sites is 1. The minimum absolute atomic E-state index is 0.00148. The molecular weight excluding hydrogens is 378 g/mol. The molecule has 0 spiro atoms. The standard InChI is InChI=1S/C19H17N5O3S/c1-13-8-6-7-11-17(13)28(26,27)23-19(25)21-18-16(12-20)14(2)22-24(18)15-9-4-3-5-10-15/h3-11H,1-2H3,(H2,21,23,25). The number of urea groups is 1. The highest BCUT2D eigenvalue weighted by Crippen LogP contribution is 2.23. The number of nitrogens with zero attached hydrogens (tertiary/aromatic N) is 3. The molecule has 0 radical (unpaired) electrons. The first kappa shape index (κ1) is 19.1. The quantitative estimate of drug-likeness (QED) is 0.704. The molecule has 9 heteroatoms. The summed E-state index contributed by atoms with van der Waals surface area (Å²) in [6.45, 7) is 3.26. The van der Waals surface area contributed by atoms with Crippen molar-refractivity contribution in [3.8, 4) is 11.8 Å². The van der Waals surface area contributed by atoms with Crippen molar-refractivity contribution < 1.29 is 13.2 Å². The number of carbonyl (C=O) groups excluding carboxylic acids is 1. The summed E-state index contributed by atoms with van der Waals surface area (Å²) in [7, 11) is -4.08. The number of aromatic nitrogens is 2. The number of amides is 2. The zero-order valence-electron chi connectivity index (χ0n) is 15.2. The summed E-state index contributed by atoms with van der Waals surface area (Å²) < 4.78 is 28.4. The van der Waals surface area contributed by atoms with Crippen molar-refractivity contribution in [3.63, 3.8) is 0 Å². The smallest absolute Gasteiger partial charge is 0.290 e. The third-order valence-corrected chi connectivity index (χ3v) is 5.51. The van der Waals surface area contributed by atoms with Gasteiger partial charge in [-0.1, -0.05) is 36.4 Å². The van der Waals surface area contributed by atoms with Gasteiger partial charge in [0, 0.05) is 0 Å². The Balaban J connectivity index is 1.93. The predicted molar refractivity (Wildman–Crippen MR) is 104 cm³/mol. The minimum Gasteiger partial charge on any atom is -0.290 e. The van der Waals surface area contributed by atoms with E-state index in [2.05, 4.69) is 10.4 Å². The molecule has 1 heterocycles. The first-order valence-corrected chi connectivity index (χ1v) is 9.76. The average molecular weight is 395 g/mol. The van der Waals surface area contributed by atoms with Crippen molar-refractivity contribution in [1.82, 2.24) is 14.5 Å². The average Bonchev–Trinajstić information content (AvgIpc) is 2.97. The summed E-state index contributed by atoms with van der Waals surface area (Å²) in [6.07, 6.45) is 0. The molecule has 0 aliphatic heterocycles. The lowest BCUT2D eigenvalue weighted by molar-refractivity contribution is 0.256. The van der Waals surface area contributed by atoms with Crippen LogP contribution in [-0.4, -0.2) is 24.2 Å². The van der Waals surface area contributed by atoms with E-state index in [1.165, 1.54) is 10.7 Å². The van der Waals surface area contributed by atoms with Crippen molar-refractivity contribution in [1.29, 1.82) is 5.26 Å². The largest absolute Gasteiger partial charge is 0.334 e. The van der Waals surface area contributed by atoms with E-state index in [0.29, 0.717) is 16.9 Å². The summed E-state index contributed by atoms with van der Waals surface area (Å²) in [4.78, 5) is 12.4. The van der Waals surface area contributed by atoms with Crippen LogP contribution < -0.4 is 10.0 Å². The zero-order chi connectivity index (χ0) is 20.3. The fourth-order valence-corrected chi connectivity index (χ4v) is 3.86. The lowest BCUT2D eigenvalue weighted by Crippen LogP contribution is -2.35. The van der Waals surface area contributed by atoms with Crippen LogP contribution >= 0.6 is 0 Å². The molecule has 3 rings (SSSR count). The van der Waals surface area contributed by atoms with E-state index in [4.69, 9.17) is 0 Å². The van der Waals surface area contributed by atoms with Gasteiger partial charge in [0.1, 0.15) is 11.6 Å². The van der Waals surface area contributed by atoms with E-state index in [-0.39, 0.29) is 16.3 Å². The fourth-order valence-electron chi connectivity index (χ4n) is 2.70. The maximum Gasteiger partial charge on any atom is 0.334 e. The number of aryl methyl sites for hydroxylation is 2. The number of anilines is 1. The summed E-state index contributed by atoms with van der Waals surface area (Å²) >= 11 is 0. The molecule has 0 aliphatic carbocycles. The van der Waals surface area contributed by atoms with Crippen LogP contribution in [0.1, 0.15) is 16.8 Å². The van der Waals surface area contributed by atoms with Crippen LogP contribution in [-0.2, 0) is 10.0 Å². The second-order valence-corrected chi connectivity index (χ2v) is 7.64. The van der Waals surface area contributed by atoms with Gasteiger partial charge in [0.25, 0.3) is 10.0 Å².